The van der Waals surface area contributed by atoms with E-state index >= 15 is 0 Å². The lowest BCUT2D eigenvalue weighted by molar-refractivity contribution is -0.151. The molecule has 1 aliphatic heterocycles. The molecule has 1 aliphatic carbocycles. The van der Waals surface area contributed by atoms with Gasteiger partial charge in [-0.15, -0.1) is 0 Å². The van der Waals surface area contributed by atoms with Crippen molar-refractivity contribution >= 4 is 5.91 Å². The number of amides is 1. The summed E-state index contributed by atoms with van der Waals surface area (Å²) in [7, 11) is 0. The molecule has 1 aromatic rings. The number of hydrogen-bond donors (Lipinski definition) is 1. The molecule has 0 atom stereocenters. The molecule has 126 valence electrons. The normalized spacial score (nSPS) is 28.5. The van der Waals surface area contributed by atoms with Crippen molar-refractivity contribution in [1.29, 1.82) is 0 Å². The zero-order valence-corrected chi connectivity index (χ0v) is 14.0. The predicted octanol–water partition coefficient (Wildman–Crippen LogP) is 3.08. The topological polar surface area (TPSA) is 40.5 Å². The molecule has 0 spiro atoms. The van der Waals surface area contributed by atoms with Crippen LogP contribution in [0.4, 0.5) is 4.39 Å². The lowest BCUT2D eigenvalue weighted by Crippen LogP contribution is -2.51. The van der Waals surface area contributed by atoms with Crippen LogP contribution in [0.5, 0.6) is 0 Å². The fourth-order valence-corrected chi connectivity index (χ4v) is 3.99. The van der Waals surface area contributed by atoms with E-state index < -0.39 is 5.60 Å². The van der Waals surface area contributed by atoms with Gasteiger partial charge in [-0.1, -0.05) is 6.07 Å². The zero-order chi connectivity index (χ0) is 16.6. The van der Waals surface area contributed by atoms with Gasteiger partial charge in [0, 0.05) is 19.0 Å². The molecule has 2 fully saturated rings. The Morgan fingerprint density at radius 2 is 2.00 bits per heavy atom. The van der Waals surface area contributed by atoms with Gasteiger partial charge in [0.15, 0.2) is 0 Å². The Morgan fingerprint density at radius 1 is 1.35 bits per heavy atom. The minimum Gasteiger partial charge on any atom is -0.390 e. The van der Waals surface area contributed by atoms with Gasteiger partial charge in [-0.25, -0.2) is 4.39 Å². The van der Waals surface area contributed by atoms with Crippen molar-refractivity contribution in [2.24, 2.45) is 11.8 Å². The van der Waals surface area contributed by atoms with Crippen molar-refractivity contribution in [2.45, 2.75) is 51.6 Å². The molecule has 0 unspecified atom stereocenters. The molecule has 1 aromatic carbocycles. The number of hydrogen-bond acceptors (Lipinski definition) is 2. The number of likely N-dealkylation sites (tertiary alicyclic amines) is 1. The Bertz CT molecular complexity index is 583. The van der Waals surface area contributed by atoms with E-state index in [9.17, 15) is 14.3 Å². The van der Waals surface area contributed by atoms with E-state index in [1.54, 1.807) is 13.0 Å². The molecule has 4 heteroatoms. The average molecular weight is 319 g/mol. The maximum absolute atomic E-state index is 13.2. The van der Waals surface area contributed by atoms with Crippen LogP contribution in [0.15, 0.2) is 18.2 Å². The van der Waals surface area contributed by atoms with Crippen LogP contribution >= 0.6 is 0 Å². The second-order valence-corrected chi connectivity index (χ2v) is 7.65. The van der Waals surface area contributed by atoms with Crippen molar-refractivity contribution in [1.82, 2.24) is 4.90 Å². The lowest BCUT2D eigenvalue weighted by Gasteiger charge is -2.43. The first kappa shape index (κ1) is 16.4. The van der Waals surface area contributed by atoms with Gasteiger partial charge < -0.3 is 10.0 Å². The van der Waals surface area contributed by atoms with Crippen molar-refractivity contribution in [2.75, 3.05) is 13.1 Å². The molecule has 0 bridgehead atoms. The number of aryl methyl sites for hydroxylation is 1. The van der Waals surface area contributed by atoms with Crippen molar-refractivity contribution in [3.05, 3.63) is 35.1 Å². The summed E-state index contributed by atoms with van der Waals surface area (Å²) in [6, 6.07) is 5.01. The summed E-state index contributed by atoms with van der Waals surface area (Å²) >= 11 is 0. The summed E-state index contributed by atoms with van der Waals surface area (Å²) in [6.45, 7) is 5.37. The van der Waals surface area contributed by atoms with Crippen molar-refractivity contribution in [3.63, 3.8) is 0 Å². The Morgan fingerprint density at radius 3 is 2.57 bits per heavy atom. The van der Waals surface area contributed by atoms with E-state index in [1.807, 2.05) is 17.9 Å². The second kappa shape index (κ2) is 6.23. The molecule has 0 radical (unpaired) electrons. The van der Waals surface area contributed by atoms with E-state index in [1.165, 1.54) is 11.6 Å². The van der Waals surface area contributed by atoms with E-state index in [0.29, 0.717) is 18.8 Å². The van der Waals surface area contributed by atoms with Crippen LogP contribution < -0.4 is 0 Å². The number of carbonyl (C=O) groups is 1. The fourth-order valence-electron chi connectivity index (χ4n) is 3.99. The third kappa shape index (κ3) is 3.74. The highest BCUT2D eigenvalue weighted by Crippen LogP contribution is 2.39. The fraction of sp³-hybridized carbons (Fsp3) is 0.632. The molecule has 0 aromatic heterocycles. The molecule has 1 saturated heterocycles. The third-order valence-corrected chi connectivity index (χ3v) is 5.46. The van der Waals surface area contributed by atoms with Crippen molar-refractivity contribution < 1.29 is 14.3 Å². The number of carbonyl (C=O) groups excluding carboxylic acids is 1. The molecule has 23 heavy (non-hydrogen) atoms. The Hall–Kier alpha value is -1.42. The summed E-state index contributed by atoms with van der Waals surface area (Å²) in [6.07, 6.45) is 4.17. The molecule has 2 aliphatic rings. The zero-order valence-electron chi connectivity index (χ0n) is 14.0. The van der Waals surface area contributed by atoms with Gasteiger partial charge in [0.1, 0.15) is 5.82 Å². The minimum absolute atomic E-state index is 0.0147. The number of piperidine rings is 1. The van der Waals surface area contributed by atoms with Gasteiger partial charge in [-0.2, -0.15) is 0 Å². The lowest BCUT2D eigenvalue weighted by atomic mass is 9.71. The molecule has 3 rings (SSSR count). The van der Waals surface area contributed by atoms with Gasteiger partial charge in [-0.05, 0) is 75.1 Å². The minimum atomic E-state index is -0.640. The first-order valence-electron chi connectivity index (χ1n) is 8.60. The van der Waals surface area contributed by atoms with E-state index in [4.69, 9.17) is 0 Å². The van der Waals surface area contributed by atoms with E-state index in [-0.39, 0.29) is 17.6 Å². The van der Waals surface area contributed by atoms with Crippen molar-refractivity contribution in [3.8, 4) is 0 Å². The largest absolute Gasteiger partial charge is 0.390 e. The molecule has 1 N–H and O–H groups in total. The van der Waals surface area contributed by atoms with Crippen LogP contribution in [0.25, 0.3) is 0 Å². The smallest absolute Gasteiger partial charge is 0.225 e. The Kier molecular flexibility index (Phi) is 4.45. The number of aliphatic hydroxyl groups is 1. The predicted molar refractivity (Wildman–Crippen MR) is 87.5 cm³/mol. The first-order valence-corrected chi connectivity index (χ1v) is 8.60. The van der Waals surface area contributed by atoms with Gasteiger partial charge in [0.05, 0.1) is 5.60 Å². The summed E-state index contributed by atoms with van der Waals surface area (Å²) < 4.78 is 13.2. The highest BCUT2D eigenvalue weighted by Gasteiger charge is 2.44. The molecular formula is C19H26FNO2. The van der Waals surface area contributed by atoms with Gasteiger partial charge in [0.25, 0.3) is 0 Å². The molecule has 1 heterocycles. The van der Waals surface area contributed by atoms with Crippen LogP contribution in [-0.2, 0) is 11.2 Å². The first-order chi connectivity index (χ1) is 10.8. The summed E-state index contributed by atoms with van der Waals surface area (Å²) in [5.74, 6) is 0.615. The third-order valence-electron chi connectivity index (χ3n) is 5.46. The Labute approximate surface area is 137 Å². The summed E-state index contributed by atoms with van der Waals surface area (Å²) in [5.41, 5.74) is 1.59. The molecule has 1 amide bonds. The highest BCUT2D eigenvalue weighted by atomic mass is 19.1. The monoisotopic (exact) mass is 319 g/mol. The van der Waals surface area contributed by atoms with Crippen LogP contribution in [0.2, 0.25) is 0 Å². The van der Waals surface area contributed by atoms with E-state index in [2.05, 4.69) is 0 Å². The second-order valence-electron chi connectivity index (χ2n) is 7.65. The maximum atomic E-state index is 13.2. The van der Waals surface area contributed by atoms with Crippen LogP contribution in [0.3, 0.4) is 0 Å². The van der Waals surface area contributed by atoms with Gasteiger partial charge in [-0.3, -0.25) is 4.79 Å². The van der Waals surface area contributed by atoms with Crippen LogP contribution in [0, 0.1) is 24.6 Å². The molecule has 1 saturated carbocycles. The average Bonchev–Trinajstić information content (AvgIpc) is 2.48. The maximum Gasteiger partial charge on any atom is 0.225 e. The number of nitrogens with zero attached hydrogens (tertiary/aromatic N) is 1. The highest BCUT2D eigenvalue weighted by molar-refractivity contribution is 5.80. The van der Waals surface area contributed by atoms with Gasteiger partial charge >= 0.3 is 0 Å². The molecule has 3 nitrogen and oxygen atoms in total. The SMILES string of the molecule is Cc1cc(F)ccc1CC1CCN(C(=O)[C@H]2C[C@@](C)(O)C2)CC1. The van der Waals surface area contributed by atoms with E-state index in [0.717, 1.165) is 37.9 Å². The number of halogens is 1. The Balaban J connectivity index is 1.49. The molecular weight excluding hydrogens is 293 g/mol. The quantitative estimate of drug-likeness (QED) is 0.930. The van der Waals surface area contributed by atoms with Crippen LogP contribution in [-0.4, -0.2) is 34.6 Å². The van der Waals surface area contributed by atoms with Crippen LogP contribution in [0.1, 0.15) is 43.7 Å². The summed E-state index contributed by atoms with van der Waals surface area (Å²) in [4.78, 5) is 14.4. The van der Waals surface area contributed by atoms with Gasteiger partial charge in [0.2, 0.25) is 5.91 Å². The number of rotatable bonds is 3. The number of benzene rings is 1. The summed E-state index contributed by atoms with van der Waals surface area (Å²) in [5, 5.41) is 9.79. The standard InChI is InChI=1S/C19H26FNO2/c1-13-9-17(20)4-3-15(13)10-14-5-7-21(8-6-14)18(22)16-11-19(2,23)12-16/h3-4,9,14,16,23H,5-8,10-12H2,1-2H3/t16-,19+.